The van der Waals surface area contributed by atoms with Gasteiger partial charge in [0, 0.05) is 36.1 Å². The minimum absolute atomic E-state index is 0.115. The second-order valence-electron chi connectivity index (χ2n) is 12.8. The van der Waals surface area contributed by atoms with Crippen molar-refractivity contribution >= 4 is 12.1 Å². The van der Waals surface area contributed by atoms with Gasteiger partial charge in [-0.25, -0.2) is 9.59 Å². The molecule has 39 heavy (non-hydrogen) atoms. The second-order valence-corrected chi connectivity index (χ2v) is 12.8. The minimum Gasteiger partial charge on any atom is -0.487 e. The van der Waals surface area contributed by atoms with Crippen LogP contribution in [-0.4, -0.2) is 61.6 Å². The molecule has 3 heterocycles. The molecular weight excluding hydrogens is 498 g/mol. The van der Waals surface area contributed by atoms with Crippen LogP contribution >= 0.6 is 0 Å². The van der Waals surface area contributed by atoms with Gasteiger partial charge in [-0.2, -0.15) is 0 Å². The van der Waals surface area contributed by atoms with Crippen molar-refractivity contribution in [1.82, 2.24) is 4.90 Å². The lowest BCUT2D eigenvalue weighted by Crippen LogP contribution is -2.57. The van der Waals surface area contributed by atoms with Gasteiger partial charge in [0.25, 0.3) is 0 Å². The average molecular weight is 544 g/mol. The van der Waals surface area contributed by atoms with E-state index in [2.05, 4.69) is 26.8 Å². The van der Waals surface area contributed by atoms with E-state index in [0.717, 1.165) is 43.4 Å². The van der Waals surface area contributed by atoms with E-state index in [1.165, 1.54) is 12.7 Å². The van der Waals surface area contributed by atoms with Crippen molar-refractivity contribution in [3.63, 3.8) is 0 Å². The number of carbonyl (C=O) groups is 2. The van der Waals surface area contributed by atoms with E-state index in [9.17, 15) is 9.59 Å². The number of piperidine rings is 1. The molecule has 2 fully saturated rings. The van der Waals surface area contributed by atoms with Crippen LogP contribution in [0.25, 0.3) is 0 Å². The molecule has 0 aliphatic carbocycles. The number of hydrogen-bond donors (Lipinski definition) is 0. The van der Waals surface area contributed by atoms with Crippen LogP contribution in [0.5, 0.6) is 11.5 Å². The predicted molar refractivity (Wildman–Crippen MR) is 148 cm³/mol. The van der Waals surface area contributed by atoms with E-state index in [4.69, 9.17) is 23.7 Å². The van der Waals surface area contributed by atoms with Gasteiger partial charge in [-0.15, -0.1) is 0 Å². The van der Waals surface area contributed by atoms with Crippen LogP contribution < -0.4 is 9.47 Å². The summed E-state index contributed by atoms with van der Waals surface area (Å²) in [5.41, 5.74) is 1.13. The topological polar surface area (TPSA) is 83.5 Å². The fraction of sp³-hybridized carbons (Fsp3) is 0.677. The molecule has 8 nitrogen and oxygen atoms in total. The van der Waals surface area contributed by atoms with Crippen molar-refractivity contribution in [3.05, 3.63) is 35.4 Å². The van der Waals surface area contributed by atoms with Crippen molar-refractivity contribution in [2.24, 2.45) is 11.3 Å². The maximum Gasteiger partial charge on any atom is 0.410 e. The first-order valence-electron chi connectivity index (χ1n) is 14.1. The highest BCUT2D eigenvalue weighted by atomic mass is 16.6. The van der Waals surface area contributed by atoms with Crippen LogP contribution in [-0.2, 0) is 19.0 Å². The molecule has 0 unspecified atom stereocenters. The lowest BCUT2D eigenvalue weighted by atomic mass is 9.64. The molecule has 8 heteroatoms. The predicted octanol–water partition coefficient (Wildman–Crippen LogP) is 6.23. The Morgan fingerprint density at radius 2 is 2.00 bits per heavy atom. The van der Waals surface area contributed by atoms with E-state index in [0.29, 0.717) is 25.4 Å². The molecule has 4 rings (SSSR count). The Morgan fingerprint density at radius 1 is 1.23 bits per heavy atom. The summed E-state index contributed by atoms with van der Waals surface area (Å²) < 4.78 is 29.6. The summed E-state index contributed by atoms with van der Waals surface area (Å²) in [6.45, 7) is 13.9. The van der Waals surface area contributed by atoms with Gasteiger partial charge in [0.15, 0.2) is 6.61 Å². The molecule has 4 atom stereocenters. The number of esters is 1. The van der Waals surface area contributed by atoms with Gasteiger partial charge in [0.05, 0.1) is 19.8 Å². The van der Waals surface area contributed by atoms with Crippen LogP contribution in [0.4, 0.5) is 4.79 Å². The molecule has 2 saturated heterocycles. The molecule has 1 amide bonds. The third-order valence-electron chi connectivity index (χ3n) is 8.10. The SMILES string of the molecule is COC(=O)COc1ccc2c(c1)O[C@@](C)(CCC=C(C)C)[C@H]1C[C@]3(CCCN(C(=O)OC(C)(C)C)C3)CO[C@H]21. The average Bonchev–Trinajstić information content (AvgIpc) is 2.86. The summed E-state index contributed by atoms with van der Waals surface area (Å²) in [6.07, 6.45) is 6.44. The first-order valence-corrected chi connectivity index (χ1v) is 14.1. The number of hydrogen-bond acceptors (Lipinski definition) is 7. The molecule has 0 bridgehead atoms. The number of allylic oxidation sites excluding steroid dienone is 2. The van der Waals surface area contributed by atoms with Crippen molar-refractivity contribution < 1.29 is 33.3 Å². The molecule has 1 aromatic rings. The Labute approximate surface area is 232 Å². The lowest BCUT2D eigenvalue weighted by Gasteiger charge is -2.55. The maximum absolute atomic E-state index is 13.0. The Morgan fingerprint density at radius 3 is 2.69 bits per heavy atom. The van der Waals surface area contributed by atoms with Crippen molar-refractivity contribution in [2.45, 2.75) is 91.0 Å². The van der Waals surface area contributed by atoms with Crippen molar-refractivity contribution in [1.29, 1.82) is 0 Å². The van der Waals surface area contributed by atoms with Crippen LogP contribution in [0.1, 0.15) is 85.3 Å². The van der Waals surface area contributed by atoms with Gasteiger partial charge < -0.3 is 28.6 Å². The van der Waals surface area contributed by atoms with Crippen LogP contribution in [0.2, 0.25) is 0 Å². The number of amides is 1. The summed E-state index contributed by atoms with van der Waals surface area (Å²) in [6, 6.07) is 5.69. The number of likely N-dealkylation sites (tertiary alicyclic amines) is 1. The molecule has 1 spiro atoms. The molecule has 0 N–H and O–H groups in total. The third-order valence-corrected chi connectivity index (χ3v) is 8.10. The monoisotopic (exact) mass is 543 g/mol. The van der Waals surface area contributed by atoms with Crippen LogP contribution in [0.3, 0.4) is 0 Å². The quantitative estimate of drug-likeness (QED) is 0.311. The fourth-order valence-corrected chi connectivity index (χ4v) is 6.17. The number of carbonyl (C=O) groups excluding carboxylic acids is 2. The summed E-state index contributed by atoms with van der Waals surface area (Å²) in [5, 5.41) is 0. The summed E-state index contributed by atoms with van der Waals surface area (Å²) in [4.78, 5) is 26.4. The maximum atomic E-state index is 13.0. The van der Waals surface area contributed by atoms with Gasteiger partial charge in [0.1, 0.15) is 22.7 Å². The zero-order valence-corrected chi connectivity index (χ0v) is 24.6. The standard InChI is InChI=1S/C31H45NO7/c1-21(2)10-8-13-30(6)24-17-31(14-9-15-32(19-31)28(34)39-29(3,4)5)20-37-27(24)23-12-11-22(16-25(23)38-30)36-18-26(33)35-7/h10-12,16,24,27H,8-9,13-15,17-20H2,1-7H3/t24-,27+,30-,31-/m0/s1. The molecule has 0 radical (unpaired) electrons. The van der Waals surface area contributed by atoms with Gasteiger partial charge in [0.2, 0.25) is 0 Å². The molecule has 216 valence electrons. The Bertz CT molecular complexity index is 1090. The molecule has 0 aromatic heterocycles. The zero-order chi connectivity index (χ0) is 28.4. The second kappa shape index (κ2) is 11.4. The highest BCUT2D eigenvalue weighted by molar-refractivity contribution is 5.71. The number of nitrogens with zero attached hydrogens (tertiary/aromatic N) is 1. The third kappa shape index (κ3) is 6.89. The highest BCUT2D eigenvalue weighted by Gasteiger charge is 2.55. The smallest absolute Gasteiger partial charge is 0.410 e. The molecule has 3 aliphatic rings. The molecular formula is C31H45NO7. The summed E-state index contributed by atoms with van der Waals surface area (Å²) >= 11 is 0. The van der Waals surface area contributed by atoms with Crippen molar-refractivity contribution in [2.75, 3.05) is 33.4 Å². The number of fused-ring (bicyclic) bond motifs is 3. The summed E-state index contributed by atoms with van der Waals surface area (Å²) in [5.74, 6) is 0.962. The van der Waals surface area contributed by atoms with Crippen molar-refractivity contribution in [3.8, 4) is 11.5 Å². The number of benzene rings is 1. The highest BCUT2D eigenvalue weighted by Crippen LogP contribution is 2.56. The first kappa shape index (κ1) is 29.2. The molecule has 3 aliphatic heterocycles. The Kier molecular flexibility index (Phi) is 8.55. The van der Waals surface area contributed by atoms with Crippen LogP contribution in [0, 0.1) is 11.3 Å². The number of methoxy groups -OCH3 is 1. The number of ether oxygens (including phenoxy) is 5. The fourth-order valence-electron chi connectivity index (χ4n) is 6.17. The zero-order valence-electron chi connectivity index (χ0n) is 24.6. The largest absolute Gasteiger partial charge is 0.487 e. The van der Waals surface area contributed by atoms with E-state index in [1.54, 1.807) is 0 Å². The normalized spacial score (nSPS) is 28.0. The Hall–Kier alpha value is -2.74. The molecule has 1 aromatic carbocycles. The van der Waals surface area contributed by atoms with E-state index < -0.39 is 17.2 Å². The first-order chi connectivity index (χ1) is 18.3. The Balaban J connectivity index is 1.60. The number of rotatable bonds is 6. The van der Waals surface area contributed by atoms with Gasteiger partial charge in [-0.3, -0.25) is 0 Å². The van der Waals surface area contributed by atoms with Crippen LogP contribution in [0.15, 0.2) is 29.8 Å². The van der Waals surface area contributed by atoms with E-state index in [-0.39, 0.29) is 30.1 Å². The summed E-state index contributed by atoms with van der Waals surface area (Å²) in [7, 11) is 1.34. The minimum atomic E-state index is -0.528. The molecule has 0 saturated carbocycles. The van der Waals surface area contributed by atoms with Gasteiger partial charge in [-0.1, -0.05) is 11.6 Å². The van der Waals surface area contributed by atoms with Gasteiger partial charge in [-0.05, 0) is 85.8 Å². The van der Waals surface area contributed by atoms with E-state index in [1.807, 2.05) is 43.9 Å². The van der Waals surface area contributed by atoms with E-state index >= 15 is 0 Å². The lowest BCUT2D eigenvalue weighted by molar-refractivity contribution is -0.180. The van der Waals surface area contributed by atoms with Gasteiger partial charge >= 0.3 is 12.1 Å².